The van der Waals surface area contributed by atoms with E-state index in [2.05, 4.69) is 12.2 Å². The summed E-state index contributed by atoms with van der Waals surface area (Å²) >= 11 is 0. The molecular weight excluding hydrogens is 452 g/mol. The van der Waals surface area contributed by atoms with Crippen LogP contribution < -0.4 is 4.90 Å². The van der Waals surface area contributed by atoms with Gasteiger partial charge >= 0.3 is 5.97 Å². The number of amides is 2. The predicted octanol–water partition coefficient (Wildman–Crippen LogP) is 3.19. The lowest BCUT2D eigenvalue weighted by atomic mass is 9.63. The largest absolute Gasteiger partial charge is 0.454 e. The van der Waals surface area contributed by atoms with E-state index in [9.17, 15) is 29.3 Å². The van der Waals surface area contributed by atoms with E-state index in [1.54, 1.807) is 0 Å². The van der Waals surface area contributed by atoms with Crippen LogP contribution in [0.3, 0.4) is 0 Å². The molecule has 0 N–H and O–H groups in total. The van der Waals surface area contributed by atoms with Gasteiger partial charge in [0.15, 0.2) is 12.4 Å². The maximum absolute atomic E-state index is 13.2. The highest BCUT2D eigenvalue weighted by Gasteiger charge is 2.67. The van der Waals surface area contributed by atoms with Crippen molar-refractivity contribution in [3.8, 4) is 0 Å². The molecule has 1 saturated heterocycles. The molecule has 2 amide bonds. The van der Waals surface area contributed by atoms with Crippen molar-refractivity contribution in [3.63, 3.8) is 0 Å². The molecule has 5 aliphatic rings. The van der Waals surface area contributed by atoms with Crippen LogP contribution in [0.5, 0.6) is 0 Å². The summed E-state index contributed by atoms with van der Waals surface area (Å²) in [7, 11) is 0. The molecule has 9 heteroatoms. The zero-order valence-electron chi connectivity index (χ0n) is 18.4. The average Bonchev–Trinajstić information content (AvgIpc) is 3.65. The number of esters is 1. The smallest absolute Gasteiger partial charge is 0.338 e. The highest BCUT2D eigenvalue weighted by Crippen LogP contribution is 2.65. The van der Waals surface area contributed by atoms with Gasteiger partial charge < -0.3 is 4.74 Å². The fourth-order valence-electron chi connectivity index (χ4n) is 6.02. The average molecular weight is 472 g/mol. The van der Waals surface area contributed by atoms with E-state index in [0.29, 0.717) is 17.5 Å². The Morgan fingerprint density at radius 1 is 0.886 bits per heavy atom. The Kier molecular flexibility index (Phi) is 4.70. The molecule has 7 rings (SSSR count). The first-order chi connectivity index (χ1) is 16.8. The van der Waals surface area contributed by atoms with Crippen molar-refractivity contribution in [1.82, 2.24) is 0 Å². The summed E-state index contributed by atoms with van der Waals surface area (Å²) in [4.78, 5) is 62.4. The minimum atomic E-state index is -0.734. The van der Waals surface area contributed by atoms with Crippen LogP contribution in [-0.4, -0.2) is 35.1 Å². The van der Waals surface area contributed by atoms with Gasteiger partial charge in [0.05, 0.1) is 28.0 Å². The second-order valence-electron chi connectivity index (χ2n) is 9.52. The number of allylic oxidation sites excluding steroid dienone is 2. The standard InChI is InChI=1S/C26H20N2O7/c29-21(13-1-7-16(8-2-13)28(33)34)12-35-26(32)14-3-5-15(6-4-14)27-24(30)22-17-9-10-18(20-11-19(17)20)23(22)25(27)31/h1-10,17-20,22-23H,11-12H2/t17-,18-,19-,20+,22-,23+/m0/s1. The second-order valence-corrected chi connectivity index (χ2v) is 9.52. The Morgan fingerprint density at radius 2 is 1.43 bits per heavy atom. The van der Waals surface area contributed by atoms with Crippen LogP contribution >= 0.6 is 0 Å². The second kappa shape index (κ2) is 7.69. The topological polar surface area (TPSA) is 124 Å². The molecule has 2 aromatic rings. The van der Waals surface area contributed by atoms with E-state index in [-0.39, 0.29) is 52.3 Å². The van der Waals surface area contributed by atoms with Gasteiger partial charge in [0.25, 0.3) is 5.69 Å². The lowest BCUT2D eigenvalue weighted by Crippen LogP contribution is -2.40. The molecule has 0 radical (unpaired) electrons. The molecule has 2 bridgehead atoms. The Balaban J connectivity index is 1.11. The van der Waals surface area contributed by atoms with Crippen molar-refractivity contribution >= 4 is 34.9 Å². The van der Waals surface area contributed by atoms with E-state index in [4.69, 9.17) is 4.74 Å². The summed E-state index contributed by atoms with van der Waals surface area (Å²) in [5.41, 5.74) is 0.631. The highest BCUT2D eigenvalue weighted by molar-refractivity contribution is 6.22. The minimum Gasteiger partial charge on any atom is -0.454 e. The number of hydrogen-bond acceptors (Lipinski definition) is 7. The predicted molar refractivity (Wildman–Crippen MR) is 121 cm³/mol. The van der Waals surface area contributed by atoms with Crippen LogP contribution in [-0.2, 0) is 14.3 Å². The molecule has 1 aliphatic heterocycles. The van der Waals surface area contributed by atoms with Gasteiger partial charge in [-0.1, -0.05) is 12.2 Å². The number of carbonyl (C=O) groups is 4. The molecule has 2 aromatic carbocycles. The number of anilines is 1. The van der Waals surface area contributed by atoms with Crippen LogP contribution in [0.15, 0.2) is 60.7 Å². The van der Waals surface area contributed by atoms with Crippen molar-refractivity contribution < 1.29 is 28.8 Å². The summed E-state index contributed by atoms with van der Waals surface area (Å²) in [6, 6.07) is 11.0. The third-order valence-corrected chi connectivity index (χ3v) is 7.76. The molecule has 0 spiro atoms. The van der Waals surface area contributed by atoms with Gasteiger partial charge in [-0.05, 0) is 66.5 Å². The van der Waals surface area contributed by atoms with Gasteiger partial charge in [-0.2, -0.15) is 0 Å². The number of ketones is 1. The summed E-state index contributed by atoms with van der Waals surface area (Å²) in [5, 5.41) is 10.7. The molecule has 4 aliphatic carbocycles. The van der Waals surface area contributed by atoms with E-state index < -0.39 is 23.3 Å². The quantitative estimate of drug-likeness (QED) is 0.158. The molecule has 0 unspecified atom stereocenters. The summed E-state index contributed by atoms with van der Waals surface area (Å²) in [6.07, 6.45) is 5.33. The monoisotopic (exact) mass is 472 g/mol. The third-order valence-electron chi connectivity index (χ3n) is 7.76. The first-order valence-electron chi connectivity index (χ1n) is 11.5. The Labute approximate surface area is 199 Å². The number of nitro groups is 1. The fraction of sp³-hybridized carbons (Fsp3) is 0.308. The SMILES string of the molecule is O=C(COC(=O)c1ccc(N2C(=O)[C@@H]3[C@H]4C=C[C@@H]([C@@H]5C[C@H]45)[C@@H]3C2=O)cc1)c1ccc([N+](=O)[O-])cc1. The number of hydrogen-bond donors (Lipinski definition) is 0. The van der Waals surface area contributed by atoms with Crippen LogP contribution in [0.25, 0.3) is 0 Å². The maximum Gasteiger partial charge on any atom is 0.338 e. The van der Waals surface area contributed by atoms with Crippen LogP contribution in [0.4, 0.5) is 11.4 Å². The Morgan fingerprint density at radius 3 is 1.97 bits per heavy atom. The van der Waals surface area contributed by atoms with Gasteiger partial charge in [-0.25, -0.2) is 4.79 Å². The number of benzene rings is 2. The zero-order valence-corrected chi connectivity index (χ0v) is 18.4. The number of nitro benzene ring substituents is 1. The first kappa shape index (κ1) is 21.4. The molecule has 6 atom stereocenters. The zero-order chi connectivity index (χ0) is 24.4. The number of non-ortho nitro benzene ring substituents is 1. The lowest BCUT2D eigenvalue weighted by Gasteiger charge is -2.37. The molecule has 1 heterocycles. The number of rotatable bonds is 6. The van der Waals surface area contributed by atoms with E-state index in [1.807, 2.05) is 0 Å². The summed E-state index contributed by atoms with van der Waals surface area (Å²) in [5.74, 6) is -0.848. The van der Waals surface area contributed by atoms with Crippen molar-refractivity contribution in [3.05, 3.63) is 81.9 Å². The first-order valence-corrected chi connectivity index (χ1v) is 11.5. The lowest BCUT2D eigenvalue weighted by molar-refractivity contribution is -0.384. The van der Waals surface area contributed by atoms with E-state index >= 15 is 0 Å². The normalized spacial score (nSPS) is 29.5. The molecule has 0 aromatic heterocycles. The molecule has 9 nitrogen and oxygen atoms in total. The van der Waals surface area contributed by atoms with Gasteiger partial charge in [0, 0.05) is 17.7 Å². The fourth-order valence-corrected chi connectivity index (χ4v) is 6.02. The van der Waals surface area contributed by atoms with Crippen molar-refractivity contribution in [2.75, 3.05) is 11.5 Å². The molecule has 35 heavy (non-hydrogen) atoms. The molecule has 2 saturated carbocycles. The van der Waals surface area contributed by atoms with Crippen molar-refractivity contribution in [2.24, 2.45) is 35.5 Å². The number of Topliss-reactive ketones (excluding diaryl/α,β-unsaturated/α-hetero) is 1. The molecule has 3 fully saturated rings. The van der Waals surface area contributed by atoms with Crippen molar-refractivity contribution in [2.45, 2.75) is 6.42 Å². The highest BCUT2D eigenvalue weighted by atomic mass is 16.6. The van der Waals surface area contributed by atoms with Gasteiger partial charge in [0.2, 0.25) is 11.8 Å². The van der Waals surface area contributed by atoms with Crippen LogP contribution in [0.1, 0.15) is 27.1 Å². The van der Waals surface area contributed by atoms with Gasteiger partial charge in [-0.3, -0.25) is 29.4 Å². The van der Waals surface area contributed by atoms with Crippen molar-refractivity contribution in [1.29, 1.82) is 0 Å². The minimum absolute atomic E-state index is 0.138. The number of carbonyl (C=O) groups excluding carboxylic acids is 4. The third kappa shape index (κ3) is 3.30. The summed E-state index contributed by atoms with van der Waals surface area (Å²) < 4.78 is 5.08. The molecule has 176 valence electrons. The van der Waals surface area contributed by atoms with Gasteiger partial charge in [0.1, 0.15) is 0 Å². The van der Waals surface area contributed by atoms with Gasteiger partial charge in [-0.15, -0.1) is 0 Å². The van der Waals surface area contributed by atoms with E-state index in [1.165, 1.54) is 53.4 Å². The molecular formula is C26H20N2O7. The van der Waals surface area contributed by atoms with Crippen LogP contribution in [0, 0.1) is 45.6 Å². The maximum atomic E-state index is 13.2. The number of imide groups is 1. The Bertz CT molecular complexity index is 1280. The Hall–Kier alpha value is -4.14. The summed E-state index contributed by atoms with van der Waals surface area (Å²) in [6.45, 7) is -0.525. The van der Waals surface area contributed by atoms with Crippen LogP contribution in [0.2, 0.25) is 0 Å². The number of ether oxygens (including phenoxy) is 1. The van der Waals surface area contributed by atoms with E-state index in [0.717, 1.165) is 6.42 Å². The number of nitrogens with zero attached hydrogens (tertiary/aromatic N) is 2.